The average molecular weight is 279 g/mol. The van der Waals surface area contributed by atoms with Crippen molar-refractivity contribution in [1.29, 1.82) is 0 Å². The van der Waals surface area contributed by atoms with Crippen molar-refractivity contribution >= 4 is 17.0 Å². The summed E-state index contributed by atoms with van der Waals surface area (Å²) in [5, 5.41) is 8.92. The minimum Gasteiger partial charge on any atom is -0.480 e. The lowest BCUT2D eigenvalue weighted by Crippen LogP contribution is -2.33. The molecule has 1 aromatic carbocycles. The molecule has 0 saturated heterocycles. The molecule has 2 N–H and O–H groups in total. The molecule has 0 fully saturated rings. The summed E-state index contributed by atoms with van der Waals surface area (Å²) in [6.07, 6.45) is 0. The van der Waals surface area contributed by atoms with E-state index in [2.05, 4.69) is 9.97 Å². The van der Waals surface area contributed by atoms with Gasteiger partial charge in [-0.25, -0.2) is 9.37 Å². The van der Waals surface area contributed by atoms with Gasteiger partial charge in [0.15, 0.2) is 0 Å². The van der Waals surface area contributed by atoms with Gasteiger partial charge in [-0.15, -0.1) is 0 Å². The van der Waals surface area contributed by atoms with Crippen LogP contribution < -0.4 is 0 Å². The standard InChI is InChI=1S/C14H18FN3O2/c1-8(2)13(18(3)7-12(19)20)14-16-10-5-4-9(15)6-11(10)17-14/h4-6,8,13H,7H2,1-3H3,(H,16,17)(H,19,20). The van der Waals surface area contributed by atoms with Gasteiger partial charge in [-0.2, -0.15) is 0 Å². The molecule has 0 radical (unpaired) electrons. The van der Waals surface area contributed by atoms with Gasteiger partial charge < -0.3 is 10.1 Å². The van der Waals surface area contributed by atoms with Crippen LogP contribution in [0.3, 0.4) is 0 Å². The summed E-state index contributed by atoms with van der Waals surface area (Å²) in [6.45, 7) is 3.92. The van der Waals surface area contributed by atoms with Crippen LogP contribution in [0.4, 0.5) is 4.39 Å². The Morgan fingerprint density at radius 3 is 2.80 bits per heavy atom. The molecular weight excluding hydrogens is 261 g/mol. The maximum atomic E-state index is 13.2. The minimum atomic E-state index is -0.889. The van der Waals surface area contributed by atoms with E-state index in [0.717, 1.165) is 0 Å². The van der Waals surface area contributed by atoms with Crippen molar-refractivity contribution in [3.05, 3.63) is 29.8 Å². The Morgan fingerprint density at radius 1 is 1.50 bits per heavy atom. The molecule has 1 unspecified atom stereocenters. The van der Waals surface area contributed by atoms with Gasteiger partial charge in [0.25, 0.3) is 0 Å². The van der Waals surface area contributed by atoms with E-state index in [1.807, 2.05) is 13.8 Å². The van der Waals surface area contributed by atoms with Crippen LogP contribution in [0.1, 0.15) is 25.7 Å². The third kappa shape index (κ3) is 2.96. The summed E-state index contributed by atoms with van der Waals surface area (Å²) in [5.74, 6) is -0.387. The molecule has 6 heteroatoms. The van der Waals surface area contributed by atoms with Crippen molar-refractivity contribution in [2.75, 3.05) is 13.6 Å². The molecule has 0 aliphatic carbocycles. The number of imidazole rings is 1. The predicted octanol–water partition coefficient (Wildman–Crippen LogP) is 2.42. The van der Waals surface area contributed by atoms with E-state index < -0.39 is 5.97 Å². The summed E-state index contributed by atoms with van der Waals surface area (Å²) >= 11 is 0. The molecule has 0 spiro atoms. The number of benzene rings is 1. The van der Waals surface area contributed by atoms with Crippen molar-refractivity contribution < 1.29 is 14.3 Å². The summed E-state index contributed by atoms with van der Waals surface area (Å²) in [6, 6.07) is 4.19. The van der Waals surface area contributed by atoms with Gasteiger partial charge >= 0.3 is 5.97 Å². The number of nitrogens with zero attached hydrogens (tertiary/aromatic N) is 2. The quantitative estimate of drug-likeness (QED) is 0.882. The molecule has 0 amide bonds. The molecule has 5 nitrogen and oxygen atoms in total. The van der Waals surface area contributed by atoms with Gasteiger partial charge in [0.05, 0.1) is 23.6 Å². The van der Waals surface area contributed by atoms with E-state index in [9.17, 15) is 9.18 Å². The number of halogens is 1. The fraction of sp³-hybridized carbons (Fsp3) is 0.429. The SMILES string of the molecule is CC(C)C(c1nc2ccc(F)cc2[nH]1)N(C)CC(=O)O. The van der Waals surface area contributed by atoms with Crippen LogP contribution in [0.2, 0.25) is 0 Å². The van der Waals surface area contributed by atoms with Gasteiger partial charge in [-0.3, -0.25) is 9.69 Å². The minimum absolute atomic E-state index is 0.0751. The van der Waals surface area contributed by atoms with E-state index >= 15 is 0 Å². The smallest absolute Gasteiger partial charge is 0.317 e. The van der Waals surface area contributed by atoms with E-state index in [1.54, 1.807) is 18.0 Å². The fourth-order valence-corrected chi connectivity index (χ4v) is 2.49. The zero-order valence-corrected chi connectivity index (χ0v) is 11.7. The van der Waals surface area contributed by atoms with E-state index in [4.69, 9.17) is 5.11 Å². The maximum absolute atomic E-state index is 13.2. The molecule has 0 aliphatic rings. The second kappa shape index (κ2) is 5.58. The first kappa shape index (κ1) is 14.5. The third-order valence-electron chi connectivity index (χ3n) is 3.23. The zero-order valence-electron chi connectivity index (χ0n) is 11.7. The number of fused-ring (bicyclic) bond motifs is 1. The number of rotatable bonds is 5. The zero-order chi connectivity index (χ0) is 14.9. The van der Waals surface area contributed by atoms with E-state index in [1.165, 1.54) is 12.1 Å². The molecule has 20 heavy (non-hydrogen) atoms. The highest BCUT2D eigenvalue weighted by atomic mass is 19.1. The highest BCUT2D eigenvalue weighted by Crippen LogP contribution is 2.27. The number of hydrogen-bond donors (Lipinski definition) is 2. The molecule has 0 aliphatic heterocycles. The number of aromatic nitrogens is 2. The van der Waals surface area contributed by atoms with Crippen LogP contribution in [0.5, 0.6) is 0 Å². The molecule has 1 heterocycles. The summed E-state index contributed by atoms with van der Waals surface area (Å²) < 4.78 is 13.2. The first-order valence-corrected chi connectivity index (χ1v) is 6.45. The van der Waals surface area contributed by atoms with Gasteiger partial charge in [-0.05, 0) is 31.2 Å². The lowest BCUT2D eigenvalue weighted by Gasteiger charge is -2.28. The number of carboxylic acids is 1. The Kier molecular flexibility index (Phi) is 4.04. The maximum Gasteiger partial charge on any atom is 0.317 e. The normalized spacial score (nSPS) is 13.3. The van der Waals surface area contributed by atoms with E-state index in [-0.39, 0.29) is 24.3 Å². The summed E-state index contributed by atoms with van der Waals surface area (Å²) in [4.78, 5) is 20.1. The molecule has 1 aromatic heterocycles. The lowest BCUT2D eigenvalue weighted by atomic mass is 10.0. The number of hydrogen-bond acceptors (Lipinski definition) is 3. The largest absolute Gasteiger partial charge is 0.480 e. The van der Waals surface area contributed by atoms with Crippen LogP contribution in [-0.2, 0) is 4.79 Å². The molecule has 108 valence electrons. The number of nitrogens with one attached hydrogen (secondary N) is 1. The van der Waals surface area contributed by atoms with Crippen molar-refractivity contribution in [3.8, 4) is 0 Å². The van der Waals surface area contributed by atoms with E-state index in [0.29, 0.717) is 16.9 Å². The van der Waals surface area contributed by atoms with Crippen LogP contribution in [0.25, 0.3) is 11.0 Å². The molecule has 0 bridgehead atoms. The Balaban J connectivity index is 2.38. The molecule has 2 aromatic rings. The van der Waals surface area contributed by atoms with Crippen molar-refractivity contribution in [2.24, 2.45) is 5.92 Å². The van der Waals surface area contributed by atoms with Crippen LogP contribution in [0, 0.1) is 11.7 Å². The highest BCUT2D eigenvalue weighted by Gasteiger charge is 2.25. The monoisotopic (exact) mass is 279 g/mol. The topological polar surface area (TPSA) is 69.2 Å². The second-order valence-electron chi connectivity index (χ2n) is 5.28. The number of carbonyl (C=O) groups is 1. The van der Waals surface area contributed by atoms with Gasteiger partial charge in [0.2, 0.25) is 0 Å². The van der Waals surface area contributed by atoms with Crippen LogP contribution in [-0.4, -0.2) is 39.5 Å². The average Bonchev–Trinajstić information content (AvgIpc) is 2.69. The first-order valence-electron chi connectivity index (χ1n) is 6.45. The summed E-state index contributed by atoms with van der Waals surface area (Å²) in [5.41, 5.74) is 1.30. The van der Waals surface area contributed by atoms with Gasteiger partial charge in [0.1, 0.15) is 11.6 Å². The fourth-order valence-electron chi connectivity index (χ4n) is 2.49. The lowest BCUT2D eigenvalue weighted by molar-refractivity contribution is -0.138. The number of likely N-dealkylation sites (N-methyl/N-ethyl adjacent to an activating group) is 1. The summed E-state index contributed by atoms with van der Waals surface area (Å²) in [7, 11) is 1.74. The molecule has 1 atom stereocenters. The number of H-pyrrole nitrogens is 1. The number of aliphatic carboxylic acids is 1. The van der Waals surface area contributed by atoms with Crippen LogP contribution in [0.15, 0.2) is 18.2 Å². The second-order valence-corrected chi connectivity index (χ2v) is 5.28. The third-order valence-corrected chi connectivity index (χ3v) is 3.23. The Bertz CT molecular complexity index is 624. The van der Waals surface area contributed by atoms with Crippen molar-refractivity contribution in [3.63, 3.8) is 0 Å². The van der Waals surface area contributed by atoms with Crippen LogP contribution >= 0.6 is 0 Å². The Morgan fingerprint density at radius 2 is 2.20 bits per heavy atom. The van der Waals surface area contributed by atoms with Crippen molar-refractivity contribution in [1.82, 2.24) is 14.9 Å². The molecular formula is C14H18FN3O2. The Labute approximate surface area is 116 Å². The van der Waals surface area contributed by atoms with Gasteiger partial charge in [-0.1, -0.05) is 13.8 Å². The van der Waals surface area contributed by atoms with Gasteiger partial charge in [0, 0.05) is 0 Å². The predicted molar refractivity (Wildman–Crippen MR) is 73.9 cm³/mol. The first-order chi connectivity index (χ1) is 9.38. The molecule has 2 rings (SSSR count). The molecule has 0 saturated carbocycles. The Hall–Kier alpha value is -1.95. The van der Waals surface area contributed by atoms with Crippen molar-refractivity contribution in [2.45, 2.75) is 19.9 Å². The highest BCUT2D eigenvalue weighted by molar-refractivity contribution is 5.75. The number of carboxylic acid groups (broad SMARTS) is 1. The number of aromatic amines is 1.